The predicted octanol–water partition coefficient (Wildman–Crippen LogP) is 4.90. The molecule has 0 bridgehead atoms. The summed E-state index contributed by atoms with van der Waals surface area (Å²) in [7, 11) is 0. The van der Waals surface area contributed by atoms with Gasteiger partial charge < -0.3 is 14.2 Å². The molecule has 0 aromatic heterocycles. The Balaban J connectivity index is 1.93. The number of carbonyl (C=O) groups excluding carboxylic acids is 1. The molecular formula is C24H30O4. The van der Waals surface area contributed by atoms with E-state index in [2.05, 4.69) is 30.3 Å². The summed E-state index contributed by atoms with van der Waals surface area (Å²) < 4.78 is 18.1. The first-order valence-corrected chi connectivity index (χ1v) is 10.5. The van der Waals surface area contributed by atoms with Crippen molar-refractivity contribution in [3.05, 3.63) is 53.3 Å². The lowest BCUT2D eigenvalue weighted by Crippen LogP contribution is -2.62. The van der Waals surface area contributed by atoms with Crippen molar-refractivity contribution in [1.82, 2.24) is 0 Å². The fraction of sp³-hybridized carbons (Fsp3) is 0.542. The average Bonchev–Trinajstić information content (AvgIpc) is 2.91. The molecule has 0 unspecified atom stereocenters. The number of allylic oxidation sites excluding steroid dienone is 1. The maximum Gasteiger partial charge on any atom is 0.303 e. The first kappa shape index (κ1) is 19.3. The Hall–Kier alpha value is -2.07. The molecule has 3 aliphatic carbocycles. The van der Waals surface area contributed by atoms with Crippen molar-refractivity contribution in [2.45, 2.75) is 52.1 Å². The van der Waals surface area contributed by atoms with Gasteiger partial charge in [-0.25, -0.2) is 0 Å². The van der Waals surface area contributed by atoms with E-state index < -0.39 is 5.60 Å². The van der Waals surface area contributed by atoms with Crippen molar-refractivity contribution in [2.24, 2.45) is 11.3 Å². The third-order valence-corrected chi connectivity index (χ3v) is 6.59. The summed E-state index contributed by atoms with van der Waals surface area (Å²) in [5.74, 6) is 0.989. The van der Waals surface area contributed by atoms with Gasteiger partial charge in [0.1, 0.15) is 5.76 Å². The van der Waals surface area contributed by atoms with Gasteiger partial charge in [0.2, 0.25) is 0 Å². The minimum absolute atomic E-state index is 0.241. The smallest absolute Gasteiger partial charge is 0.303 e. The van der Waals surface area contributed by atoms with Crippen LogP contribution in [0, 0.1) is 11.3 Å². The second kappa shape index (κ2) is 7.40. The highest BCUT2D eigenvalue weighted by Crippen LogP contribution is 2.73. The van der Waals surface area contributed by atoms with E-state index in [4.69, 9.17) is 14.2 Å². The lowest BCUT2D eigenvalue weighted by molar-refractivity contribution is -0.163. The third kappa shape index (κ3) is 2.57. The molecule has 0 aliphatic heterocycles. The highest BCUT2D eigenvalue weighted by molar-refractivity contribution is 5.89. The molecule has 150 valence electrons. The largest absolute Gasteiger partial charge is 0.498 e. The van der Waals surface area contributed by atoms with Crippen molar-refractivity contribution >= 4 is 11.5 Å². The Morgan fingerprint density at radius 3 is 2.61 bits per heavy atom. The number of carbonyl (C=O) groups is 1. The lowest BCUT2D eigenvalue weighted by atomic mass is 9.46. The Labute approximate surface area is 167 Å². The number of ether oxygens (including phenoxy) is 3. The van der Waals surface area contributed by atoms with E-state index >= 15 is 0 Å². The molecule has 1 fully saturated rings. The number of hydrogen-bond donors (Lipinski definition) is 0. The van der Waals surface area contributed by atoms with Gasteiger partial charge in [-0.15, -0.1) is 0 Å². The molecule has 0 heterocycles. The van der Waals surface area contributed by atoms with Crippen molar-refractivity contribution in [2.75, 3.05) is 19.8 Å². The normalized spacial score (nSPS) is 30.8. The van der Waals surface area contributed by atoms with E-state index in [-0.39, 0.29) is 17.3 Å². The van der Waals surface area contributed by atoms with Crippen LogP contribution in [0.2, 0.25) is 0 Å². The first-order chi connectivity index (χ1) is 13.6. The van der Waals surface area contributed by atoms with Gasteiger partial charge in [-0.05, 0) is 37.8 Å². The molecule has 4 nitrogen and oxygen atoms in total. The summed E-state index contributed by atoms with van der Waals surface area (Å²) in [6, 6.07) is 10.5. The Bertz CT molecular complexity index is 809. The van der Waals surface area contributed by atoms with E-state index in [0.29, 0.717) is 19.8 Å². The van der Waals surface area contributed by atoms with Gasteiger partial charge in [-0.1, -0.05) is 43.2 Å². The van der Waals surface area contributed by atoms with Crippen LogP contribution in [-0.2, 0) is 19.0 Å². The van der Waals surface area contributed by atoms with Gasteiger partial charge in [0.05, 0.1) is 18.6 Å². The summed E-state index contributed by atoms with van der Waals surface area (Å²) in [5.41, 5.74) is 2.61. The molecule has 3 atom stereocenters. The van der Waals surface area contributed by atoms with Crippen LogP contribution in [0.1, 0.15) is 52.0 Å². The number of benzene rings is 1. The van der Waals surface area contributed by atoms with Crippen molar-refractivity contribution in [1.29, 1.82) is 0 Å². The van der Waals surface area contributed by atoms with Crippen molar-refractivity contribution in [3.63, 3.8) is 0 Å². The maximum absolute atomic E-state index is 12.2. The second-order valence-electron chi connectivity index (χ2n) is 7.94. The standard InChI is InChI=1S/C24H30O4/c1-4-26-16-20-22(18-11-7-6-8-12-18)23-14-10-9-13-19(23)21(27-5-2)15-24(20,23)28-17(3)25/h6-8,11-12,15,19H,4-5,9-10,13-14,16H2,1-3H3/t19-,23-,24-/m0/s1. The van der Waals surface area contributed by atoms with Crippen LogP contribution in [0.3, 0.4) is 0 Å². The zero-order valence-electron chi connectivity index (χ0n) is 17.1. The number of esters is 1. The molecule has 28 heavy (non-hydrogen) atoms. The molecule has 0 saturated heterocycles. The van der Waals surface area contributed by atoms with E-state index in [9.17, 15) is 4.79 Å². The Morgan fingerprint density at radius 1 is 1.14 bits per heavy atom. The van der Waals surface area contributed by atoms with Gasteiger partial charge in [0.15, 0.2) is 5.60 Å². The monoisotopic (exact) mass is 382 g/mol. The summed E-state index contributed by atoms with van der Waals surface area (Å²) in [6.45, 7) is 7.23. The van der Waals surface area contributed by atoms with Crippen LogP contribution in [-0.4, -0.2) is 31.4 Å². The third-order valence-electron chi connectivity index (χ3n) is 6.59. The lowest BCUT2D eigenvalue weighted by Gasteiger charge is -2.60. The summed E-state index contributed by atoms with van der Waals surface area (Å²) in [4.78, 5) is 12.2. The van der Waals surface area contributed by atoms with Gasteiger partial charge in [-0.2, -0.15) is 0 Å². The number of hydrogen-bond acceptors (Lipinski definition) is 4. The first-order valence-electron chi connectivity index (χ1n) is 10.5. The van der Waals surface area contributed by atoms with Crippen molar-refractivity contribution < 1.29 is 19.0 Å². The molecule has 1 aromatic rings. The van der Waals surface area contributed by atoms with Crippen LogP contribution in [0.25, 0.3) is 5.57 Å². The fourth-order valence-corrected chi connectivity index (χ4v) is 5.80. The molecule has 1 saturated carbocycles. The highest BCUT2D eigenvalue weighted by Gasteiger charge is 2.73. The summed E-state index contributed by atoms with van der Waals surface area (Å²) in [6.07, 6.45) is 6.47. The SMILES string of the molecule is CCOCC1=C(c2ccccc2)[C@]23CCCC[C@H]2C(OCC)=C[C@]13OC(C)=O. The van der Waals surface area contributed by atoms with Crippen LogP contribution >= 0.6 is 0 Å². The molecule has 4 rings (SSSR count). The molecule has 3 aliphatic rings. The minimum Gasteiger partial charge on any atom is -0.498 e. The average molecular weight is 383 g/mol. The highest BCUT2D eigenvalue weighted by atomic mass is 16.6. The molecule has 0 N–H and O–H groups in total. The van der Waals surface area contributed by atoms with E-state index in [1.165, 1.54) is 24.5 Å². The van der Waals surface area contributed by atoms with Gasteiger partial charge in [-0.3, -0.25) is 4.79 Å². The minimum atomic E-state index is -0.741. The van der Waals surface area contributed by atoms with Crippen LogP contribution in [0.5, 0.6) is 0 Å². The molecule has 0 radical (unpaired) electrons. The zero-order valence-corrected chi connectivity index (χ0v) is 17.1. The van der Waals surface area contributed by atoms with E-state index in [0.717, 1.165) is 30.6 Å². The van der Waals surface area contributed by atoms with Crippen molar-refractivity contribution in [3.8, 4) is 0 Å². The topological polar surface area (TPSA) is 44.8 Å². The predicted molar refractivity (Wildman–Crippen MR) is 108 cm³/mol. The number of rotatable bonds is 7. The van der Waals surface area contributed by atoms with Gasteiger partial charge in [0.25, 0.3) is 0 Å². The fourth-order valence-electron chi connectivity index (χ4n) is 5.80. The van der Waals surface area contributed by atoms with Crippen LogP contribution in [0.15, 0.2) is 47.7 Å². The summed E-state index contributed by atoms with van der Waals surface area (Å²) >= 11 is 0. The molecular weight excluding hydrogens is 352 g/mol. The maximum atomic E-state index is 12.2. The molecule has 0 amide bonds. The Morgan fingerprint density at radius 2 is 1.93 bits per heavy atom. The molecule has 4 heteroatoms. The van der Waals surface area contributed by atoms with Crippen LogP contribution in [0.4, 0.5) is 0 Å². The summed E-state index contributed by atoms with van der Waals surface area (Å²) in [5, 5.41) is 0. The quantitative estimate of drug-likeness (QED) is 0.629. The van der Waals surface area contributed by atoms with Gasteiger partial charge in [0, 0.05) is 31.1 Å². The molecule has 1 aromatic carbocycles. The van der Waals surface area contributed by atoms with Crippen LogP contribution < -0.4 is 0 Å². The van der Waals surface area contributed by atoms with E-state index in [1.54, 1.807) is 0 Å². The van der Waals surface area contributed by atoms with E-state index in [1.807, 2.05) is 19.9 Å². The zero-order chi connectivity index (χ0) is 19.8. The second-order valence-corrected chi connectivity index (χ2v) is 7.94. The molecule has 1 spiro atoms. The van der Waals surface area contributed by atoms with Gasteiger partial charge >= 0.3 is 5.97 Å². The Kier molecular flexibility index (Phi) is 5.09.